The van der Waals surface area contributed by atoms with Crippen LogP contribution in [-0.4, -0.2) is 5.84 Å². The van der Waals surface area contributed by atoms with Crippen molar-refractivity contribution in [3.05, 3.63) is 72.6 Å². The topological polar surface area (TPSA) is 36.1 Å². The quantitative estimate of drug-likeness (QED) is 0.758. The molecule has 0 radical (unpaired) electrons. The van der Waals surface area contributed by atoms with Crippen molar-refractivity contribution >= 4 is 17.2 Å². The minimum Gasteiger partial charge on any atom is -0.201 e. The van der Waals surface area contributed by atoms with Gasteiger partial charge in [-0.05, 0) is 0 Å². The highest BCUT2D eigenvalue weighted by molar-refractivity contribution is 6.04. The van der Waals surface area contributed by atoms with Gasteiger partial charge in [0.1, 0.15) is 23.5 Å². The number of benzene rings is 2. The van der Waals surface area contributed by atoms with E-state index in [-0.39, 0.29) is 0 Å². The van der Waals surface area contributed by atoms with Crippen molar-refractivity contribution in [2.45, 2.75) is 13.3 Å². The van der Waals surface area contributed by atoms with Crippen LogP contribution in [0.3, 0.4) is 0 Å². The van der Waals surface area contributed by atoms with Crippen LogP contribution in [0, 0.1) is 11.3 Å². The van der Waals surface area contributed by atoms with Crippen LogP contribution in [0.15, 0.2) is 77.6 Å². The number of quaternary nitrogens is 1. The van der Waals surface area contributed by atoms with Gasteiger partial charge in [-0.2, -0.15) is 9.74 Å². The zero-order chi connectivity index (χ0) is 14.7. The van der Waals surface area contributed by atoms with E-state index in [2.05, 4.69) is 42.3 Å². The number of hydrogen-bond donors (Lipinski definition) is 0. The number of para-hydroxylation sites is 2. The Hall–Kier alpha value is -2.70. The molecule has 2 aromatic rings. The summed E-state index contributed by atoms with van der Waals surface area (Å²) in [5, 5.41) is 9.17. The molecule has 0 N–H and O–H groups in total. The van der Waals surface area contributed by atoms with E-state index in [1.54, 1.807) is 0 Å². The van der Waals surface area contributed by atoms with Crippen LogP contribution in [-0.2, 0) is 0 Å². The fourth-order valence-corrected chi connectivity index (χ4v) is 2.94. The molecule has 0 bridgehead atoms. The average Bonchev–Trinajstić information content (AvgIpc) is 2.87. The summed E-state index contributed by atoms with van der Waals surface area (Å²) in [6.07, 6.45) is 2.17. The summed E-state index contributed by atoms with van der Waals surface area (Å²) in [6, 6.07) is 22.7. The Morgan fingerprint density at radius 1 is 0.952 bits per heavy atom. The van der Waals surface area contributed by atoms with E-state index in [0.29, 0.717) is 10.9 Å². The summed E-state index contributed by atoms with van der Waals surface area (Å²) >= 11 is 0. The monoisotopic (exact) mass is 274 g/mol. The van der Waals surface area contributed by atoms with Crippen molar-refractivity contribution in [2.24, 2.45) is 4.99 Å². The van der Waals surface area contributed by atoms with Crippen molar-refractivity contribution in [1.29, 1.82) is 5.26 Å². The van der Waals surface area contributed by atoms with Gasteiger partial charge in [0.25, 0.3) is 0 Å². The number of rotatable bonds is 3. The van der Waals surface area contributed by atoms with E-state index in [1.165, 1.54) is 0 Å². The van der Waals surface area contributed by atoms with Crippen molar-refractivity contribution in [3.63, 3.8) is 0 Å². The third-order valence-electron chi connectivity index (χ3n) is 3.84. The Morgan fingerprint density at radius 2 is 1.48 bits per heavy atom. The number of hydrogen-bond acceptors (Lipinski definition) is 2. The van der Waals surface area contributed by atoms with Gasteiger partial charge >= 0.3 is 0 Å². The molecule has 0 atom stereocenters. The maximum atomic E-state index is 9.17. The Labute approximate surface area is 124 Å². The Kier molecular flexibility index (Phi) is 3.39. The second-order valence-electron chi connectivity index (χ2n) is 4.99. The highest BCUT2D eigenvalue weighted by atomic mass is 15.4. The van der Waals surface area contributed by atoms with E-state index >= 15 is 0 Å². The lowest BCUT2D eigenvalue weighted by Gasteiger charge is -2.34. The van der Waals surface area contributed by atoms with Crippen LogP contribution < -0.4 is 4.48 Å². The molecule has 1 heterocycles. The van der Waals surface area contributed by atoms with Gasteiger partial charge in [-0.3, -0.25) is 0 Å². The molecular weight excluding hydrogens is 258 g/mol. The first-order chi connectivity index (χ1) is 10.3. The number of nitrogens with zero attached hydrogens (tertiary/aromatic N) is 3. The SMILES string of the molecule is CC1=CN=C(CC#N)[N+]1(c1ccccc1)c1ccccc1. The van der Waals surface area contributed by atoms with Gasteiger partial charge in [-0.25, -0.2) is 4.99 Å². The second-order valence-corrected chi connectivity index (χ2v) is 4.99. The molecule has 0 fully saturated rings. The van der Waals surface area contributed by atoms with E-state index in [4.69, 9.17) is 0 Å². The van der Waals surface area contributed by atoms with Crippen LogP contribution in [0.1, 0.15) is 13.3 Å². The molecule has 0 aliphatic carbocycles. The number of amidine groups is 1. The third kappa shape index (κ3) is 1.97. The van der Waals surface area contributed by atoms with Crippen LogP contribution in [0.4, 0.5) is 11.4 Å². The lowest BCUT2D eigenvalue weighted by atomic mass is 10.1. The molecule has 3 rings (SSSR count). The fourth-order valence-electron chi connectivity index (χ4n) is 2.94. The summed E-state index contributed by atoms with van der Waals surface area (Å²) in [5.41, 5.74) is 3.30. The lowest BCUT2D eigenvalue weighted by molar-refractivity contribution is 0.677. The van der Waals surface area contributed by atoms with E-state index in [9.17, 15) is 5.26 Å². The van der Waals surface area contributed by atoms with Gasteiger partial charge in [-0.1, -0.05) is 36.4 Å². The van der Waals surface area contributed by atoms with E-state index < -0.39 is 0 Å². The molecular formula is C18H16N3+. The molecule has 0 spiro atoms. The van der Waals surface area contributed by atoms with Crippen molar-refractivity contribution in [2.75, 3.05) is 0 Å². The average molecular weight is 274 g/mol. The van der Waals surface area contributed by atoms with E-state index in [0.717, 1.165) is 22.9 Å². The van der Waals surface area contributed by atoms with Crippen LogP contribution in [0.2, 0.25) is 0 Å². The standard InChI is InChI=1S/C18H16N3/c1-15-14-20-18(12-13-19)21(15,16-8-4-2-5-9-16)17-10-6-3-7-11-17/h2-11,14H,12H2,1H3/q+1. The number of aliphatic imine (C=N–C) groups is 1. The molecule has 1 aliphatic rings. The normalized spacial score (nSPS) is 16.0. The van der Waals surface area contributed by atoms with Crippen molar-refractivity contribution < 1.29 is 0 Å². The lowest BCUT2D eigenvalue weighted by Crippen LogP contribution is -2.45. The minimum absolute atomic E-state index is 0.303. The highest BCUT2D eigenvalue weighted by Crippen LogP contribution is 2.43. The summed E-state index contributed by atoms with van der Waals surface area (Å²) in [4.78, 5) is 4.52. The van der Waals surface area contributed by atoms with Crippen molar-refractivity contribution in [1.82, 2.24) is 4.48 Å². The highest BCUT2D eigenvalue weighted by Gasteiger charge is 2.44. The predicted octanol–water partition coefficient (Wildman–Crippen LogP) is 4.51. The van der Waals surface area contributed by atoms with Gasteiger partial charge in [0.2, 0.25) is 5.84 Å². The molecule has 0 saturated heterocycles. The fraction of sp³-hybridized carbons (Fsp3) is 0.111. The molecule has 102 valence electrons. The number of nitriles is 1. The summed E-state index contributed by atoms with van der Waals surface area (Å²) in [6.45, 7) is 2.06. The molecule has 3 heteroatoms. The van der Waals surface area contributed by atoms with Crippen molar-refractivity contribution in [3.8, 4) is 6.07 Å². The molecule has 1 aliphatic heterocycles. The smallest absolute Gasteiger partial charge is 0.201 e. The van der Waals surface area contributed by atoms with Gasteiger partial charge in [0, 0.05) is 31.2 Å². The van der Waals surface area contributed by atoms with Gasteiger partial charge in [-0.15, -0.1) is 0 Å². The zero-order valence-corrected chi connectivity index (χ0v) is 11.9. The predicted molar refractivity (Wildman–Crippen MR) is 85.8 cm³/mol. The summed E-state index contributed by atoms with van der Waals surface area (Å²) in [5.74, 6) is 0.840. The largest absolute Gasteiger partial charge is 0.232 e. The third-order valence-corrected chi connectivity index (χ3v) is 3.84. The van der Waals surface area contributed by atoms with Crippen LogP contribution >= 0.6 is 0 Å². The Balaban J connectivity index is 2.29. The molecule has 21 heavy (non-hydrogen) atoms. The maximum Gasteiger partial charge on any atom is 0.232 e. The molecule has 3 nitrogen and oxygen atoms in total. The maximum absolute atomic E-state index is 9.17. The van der Waals surface area contributed by atoms with Gasteiger partial charge in [0.05, 0.1) is 12.3 Å². The summed E-state index contributed by atoms with van der Waals surface area (Å²) < 4.78 is 0.426. The molecule has 0 amide bonds. The Morgan fingerprint density at radius 3 is 1.95 bits per heavy atom. The molecule has 0 aromatic heterocycles. The Bertz CT molecular complexity index is 698. The first kappa shape index (κ1) is 13.3. The van der Waals surface area contributed by atoms with Crippen LogP contribution in [0.5, 0.6) is 0 Å². The summed E-state index contributed by atoms with van der Waals surface area (Å²) in [7, 11) is 0. The molecule has 0 saturated carbocycles. The second kappa shape index (κ2) is 5.35. The first-order valence-corrected chi connectivity index (χ1v) is 6.92. The van der Waals surface area contributed by atoms with Gasteiger partial charge in [0.15, 0.2) is 0 Å². The molecule has 2 aromatic carbocycles. The number of allylic oxidation sites excluding steroid dienone is 1. The van der Waals surface area contributed by atoms with Crippen LogP contribution in [0.25, 0.3) is 0 Å². The van der Waals surface area contributed by atoms with E-state index in [1.807, 2.05) is 42.6 Å². The minimum atomic E-state index is 0.303. The molecule has 0 unspecified atom stereocenters. The zero-order valence-electron chi connectivity index (χ0n) is 11.9. The first-order valence-electron chi connectivity index (χ1n) is 6.92. The van der Waals surface area contributed by atoms with Gasteiger partial charge < -0.3 is 0 Å².